The summed E-state index contributed by atoms with van der Waals surface area (Å²) in [5, 5.41) is 0. The molecular formula is C10H12N2O. The van der Waals surface area contributed by atoms with Crippen LogP contribution < -0.4 is 11.3 Å². The monoisotopic (exact) mass is 176 g/mol. The first kappa shape index (κ1) is 9.56. The van der Waals surface area contributed by atoms with Crippen LogP contribution in [0, 0.1) is 11.8 Å². The number of pyridine rings is 1. The average molecular weight is 176 g/mol. The summed E-state index contributed by atoms with van der Waals surface area (Å²) < 4.78 is 1.55. The highest BCUT2D eigenvalue weighted by molar-refractivity contribution is 5.11. The maximum Gasteiger partial charge on any atom is 0.251 e. The summed E-state index contributed by atoms with van der Waals surface area (Å²) in [6, 6.07) is 3.37. The van der Waals surface area contributed by atoms with Crippen molar-refractivity contribution in [3.63, 3.8) is 0 Å². The number of aromatic nitrogens is 1. The molecule has 0 aliphatic heterocycles. The molecule has 0 bridgehead atoms. The summed E-state index contributed by atoms with van der Waals surface area (Å²) in [5.74, 6) is 5.56. The fraction of sp³-hybridized carbons (Fsp3) is 0.300. The van der Waals surface area contributed by atoms with Crippen molar-refractivity contribution in [2.24, 2.45) is 5.73 Å². The Kier molecular flexibility index (Phi) is 3.30. The van der Waals surface area contributed by atoms with Crippen LogP contribution in [0.15, 0.2) is 23.1 Å². The summed E-state index contributed by atoms with van der Waals surface area (Å²) >= 11 is 0. The van der Waals surface area contributed by atoms with E-state index in [1.54, 1.807) is 17.7 Å². The largest absolute Gasteiger partial charge is 0.326 e. The summed E-state index contributed by atoms with van der Waals surface area (Å²) in [4.78, 5) is 11.3. The molecule has 0 fully saturated rings. The third-order valence-corrected chi connectivity index (χ3v) is 1.72. The van der Waals surface area contributed by atoms with Crippen LogP contribution in [0.4, 0.5) is 0 Å². The van der Waals surface area contributed by atoms with Gasteiger partial charge < -0.3 is 10.3 Å². The van der Waals surface area contributed by atoms with E-state index in [4.69, 9.17) is 5.73 Å². The van der Waals surface area contributed by atoms with Crippen LogP contribution in [0.2, 0.25) is 0 Å². The minimum absolute atomic E-state index is 0.0503. The van der Waals surface area contributed by atoms with Crippen LogP contribution in [0.5, 0.6) is 0 Å². The number of rotatable bonds is 2. The zero-order valence-electron chi connectivity index (χ0n) is 7.58. The minimum atomic E-state index is -0.0503. The smallest absolute Gasteiger partial charge is 0.251 e. The lowest BCUT2D eigenvalue weighted by Gasteiger charge is -2.00. The molecule has 1 rings (SSSR count). The van der Waals surface area contributed by atoms with Gasteiger partial charge >= 0.3 is 0 Å². The van der Waals surface area contributed by atoms with Gasteiger partial charge in [-0.25, -0.2) is 0 Å². The molecule has 2 N–H and O–H groups in total. The van der Waals surface area contributed by atoms with Crippen molar-refractivity contribution in [1.29, 1.82) is 0 Å². The lowest BCUT2D eigenvalue weighted by atomic mass is 10.3. The van der Waals surface area contributed by atoms with Crippen molar-refractivity contribution < 1.29 is 0 Å². The molecule has 1 aromatic rings. The second-order valence-electron chi connectivity index (χ2n) is 2.63. The molecule has 68 valence electrons. The highest BCUT2D eigenvalue weighted by Gasteiger charge is 1.94. The predicted octanol–water partition coefficient (Wildman–Crippen LogP) is 0.330. The number of nitrogens with two attached hydrogens (primary N) is 1. The first-order chi connectivity index (χ1) is 6.27. The quantitative estimate of drug-likeness (QED) is 0.660. The van der Waals surface area contributed by atoms with Gasteiger partial charge in [0.25, 0.3) is 5.56 Å². The zero-order valence-corrected chi connectivity index (χ0v) is 7.58. The molecule has 3 heteroatoms. The molecule has 0 aromatic carbocycles. The fourth-order valence-electron chi connectivity index (χ4n) is 0.971. The second kappa shape index (κ2) is 4.48. The molecule has 0 amide bonds. The van der Waals surface area contributed by atoms with Crippen LogP contribution in [0.3, 0.4) is 0 Å². The molecule has 0 saturated heterocycles. The summed E-state index contributed by atoms with van der Waals surface area (Å²) in [7, 11) is 0. The van der Waals surface area contributed by atoms with E-state index in [1.165, 1.54) is 6.07 Å². The predicted molar refractivity (Wildman–Crippen MR) is 52.0 cm³/mol. The summed E-state index contributed by atoms with van der Waals surface area (Å²) in [6.07, 6.45) is 1.72. The lowest BCUT2D eigenvalue weighted by molar-refractivity contribution is 0.788. The van der Waals surface area contributed by atoms with Gasteiger partial charge in [-0.15, -0.1) is 5.92 Å². The van der Waals surface area contributed by atoms with Gasteiger partial charge in [-0.1, -0.05) is 5.92 Å². The van der Waals surface area contributed by atoms with Crippen LogP contribution in [0.25, 0.3) is 0 Å². The average Bonchev–Trinajstić information content (AvgIpc) is 2.16. The molecule has 13 heavy (non-hydrogen) atoms. The maximum atomic E-state index is 11.3. The van der Waals surface area contributed by atoms with Crippen molar-refractivity contribution in [2.45, 2.75) is 20.0 Å². The van der Waals surface area contributed by atoms with Crippen molar-refractivity contribution in [2.75, 3.05) is 0 Å². The zero-order chi connectivity index (χ0) is 9.68. The first-order valence-electron chi connectivity index (χ1n) is 4.07. The molecule has 0 spiro atoms. The van der Waals surface area contributed by atoms with Crippen LogP contribution in [-0.4, -0.2) is 4.57 Å². The summed E-state index contributed by atoms with van der Waals surface area (Å²) in [6.45, 7) is 2.59. The third kappa shape index (κ3) is 2.46. The Hall–Kier alpha value is -1.53. The van der Waals surface area contributed by atoms with Gasteiger partial charge in [-0.05, 0) is 18.6 Å². The second-order valence-corrected chi connectivity index (χ2v) is 2.63. The van der Waals surface area contributed by atoms with E-state index >= 15 is 0 Å². The van der Waals surface area contributed by atoms with Gasteiger partial charge in [0.2, 0.25) is 0 Å². The van der Waals surface area contributed by atoms with Gasteiger partial charge in [-0.2, -0.15) is 0 Å². The van der Waals surface area contributed by atoms with Crippen molar-refractivity contribution >= 4 is 0 Å². The van der Waals surface area contributed by atoms with Crippen LogP contribution >= 0.6 is 0 Å². The Labute approximate surface area is 77.2 Å². The van der Waals surface area contributed by atoms with Crippen LogP contribution in [0.1, 0.15) is 12.5 Å². The Morgan fingerprint density at radius 3 is 2.92 bits per heavy atom. The van der Waals surface area contributed by atoms with Crippen molar-refractivity contribution in [3.8, 4) is 11.8 Å². The summed E-state index contributed by atoms with van der Waals surface area (Å²) in [5.41, 5.74) is 6.20. The van der Waals surface area contributed by atoms with E-state index in [1.807, 2.05) is 6.07 Å². The Morgan fingerprint density at radius 1 is 1.62 bits per heavy atom. The number of hydrogen-bond acceptors (Lipinski definition) is 2. The Morgan fingerprint density at radius 2 is 2.38 bits per heavy atom. The normalized spacial score (nSPS) is 9.08. The number of hydrogen-bond donors (Lipinski definition) is 1. The van der Waals surface area contributed by atoms with E-state index in [0.29, 0.717) is 13.1 Å². The molecule has 0 saturated carbocycles. The van der Waals surface area contributed by atoms with E-state index < -0.39 is 0 Å². The SMILES string of the molecule is CC#CCn1ccc(CN)cc1=O. The first-order valence-corrected chi connectivity index (χ1v) is 4.07. The standard InChI is InChI=1S/C10H12N2O/c1-2-3-5-12-6-4-9(8-11)7-10(12)13/h4,6-7H,5,8,11H2,1H3. The Balaban J connectivity index is 2.96. The van der Waals surface area contributed by atoms with Gasteiger partial charge in [0.1, 0.15) is 0 Å². The maximum absolute atomic E-state index is 11.3. The highest BCUT2D eigenvalue weighted by atomic mass is 16.1. The highest BCUT2D eigenvalue weighted by Crippen LogP contribution is 1.91. The van der Waals surface area contributed by atoms with E-state index in [-0.39, 0.29) is 5.56 Å². The number of nitrogens with zero attached hydrogens (tertiary/aromatic N) is 1. The topological polar surface area (TPSA) is 48.0 Å². The van der Waals surface area contributed by atoms with E-state index in [2.05, 4.69) is 11.8 Å². The molecule has 0 aliphatic rings. The third-order valence-electron chi connectivity index (χ3n) is 1.72. The fourth-order valence-corrected chi connectivity index (χ4v) is 0.971. The molecule has 3 nitrogen and oxygen atoms in total. The molecule has 0 unspecified atom stereocenters. The van der Waals surface area contributed by atoms with E-state index in [0.717, 1.165) is 5.56 Å². The van der Waals surface area contributed by atoms with E-state index in [9.17, 15) is 4.79 Å². The molecule has 0 atom stereocenters. The van der Waals surface area contributed by atoms with Gasteiger partial charge in [0.15, 0.2) is 0 Å². The molecule has 1 aromatic heterocycles. The molecular weight excluding hydrogens is 164 g/mol. The van der Waals surface area contributed by atoms with Crippen molar-refractivity contribution in [1.82, 2.24) is 4.57 Å². The van der Waals surface area contributed by atoms with Gasteiger partial charge in [-0.3, -0.25) is 4.79 Å². The molecule has 0 aliphatic carbocycles. The molecule has 1 heterocycles. The van der Waals surface area contributed by atoms with Gasteiger partial charge in [0, 0.05) is 18.8 Å². The Bertz CT molecular complexity index is 395. The van der Waals surface area contributed by atoms with Crippen molar-refractivity contribution in [3.05, 3.63) is 34.2 Å². The van der Waals surface area contributed by atoms with Gasteiger partial charge in [0.05, 0.1) is 6.54 Å². The molecule has 0 radical (unpaired) electrons. The van der Waals surface area contributed by atoms with Crippen LogP contribution in [-0.2, 0) is 13.1 Å². The minimum Gasteiger partial charge on any atom is -0.326 e. The lowest BCUT2D eigenvalue weighted by Crippen LogP contribution is -2.19.